The standard InChI is InChI=1S/C63H118O6/c1-4-7-10-13-16-19-22-25-27-29-30-31-32-34-35-38-41-44-47-50-53-56-62(65)68-59-60(58-67-61(64)55-52-49-46-43-40-37-24-21-18-15-12-9-6-3)69-63(66)57-54-51-48-45-42-39-36-33-28-26-23-20-17-14-11-8-5-2/h12,15,21,24,60H,4-11,13-14,16-20,22-23,25-59H2,1-3H3/b15-12-,24-21-. The first-order valence-electron chi connectivity index (χ1n) is 30.8. The highest BCUT2D eigenvalue weighted by molar-refractivity contribution is 5.71. The van der Waals surface area contributed by atoms with Gasteiger partial charge in [-0.05, 0) is 44.9 Å². The van der Waals surface area contributed by atoms with Crippen molar-refractivity contribution in [2.75, 3.05) is 13.2 Å². The summed E-state index contributed by atoms with van der Waals surface area (Å²) in [5, 5.41) is 0. The maximum Gasteiger partial charge on any atom is 0.306 e. The molecule has 0 saturated heterocycles. The predicted octanol–water partition coefficient (Wildman–Crippen LogP) is 20.7. The van der Waals surface area contributed by atoms with Crippen LogP contribution in [0.5, 0.6) is 0 Å². The molecule has 0 N–H and O–H groups in total. The Morgan fingerprint density at radius 1 is 0.290 bits per heavy atom. The Morgan fingerprint density at radius 3 is 0.855 bits per heavy atom. The van der Waals surface area contributed by atoms with E-state index in [1.54, 1.807) is 0 Å². The van der Waals surface area contributed by atoms with Crippen LogP contribution < -0.4 is 0 Å². The minimum absolute atomic E-state index is 0.0698. The summed E-state index contributed by atoms with van der Waals surface area (Å²) >= 11 is 0. The molecule has 6 nitrogen and oxygen atoms in total. The second kappa shape index (κ2) is 58.5. The minimum atomic E-state index is -0.772. The molecule has 0 fully saturated rings. The number of carbonyl (C=O) groups is 3. The number of allylic oxidation sites excluding steroid dienone is 4. The maximum absolute atomic E-state index is 12.9. The molecule has 0 bridgehead atoms. The zero-order chi connectivity index (χ0) is 50.0. The molecular weight excluding hydrogens is 853 g/mol. The van der Waals surface area contributed by atoms with Crippen LogP contribution in [0.25, 0.3) is 0 Å². The maximum atomic E-state index is 12.9. The summed E-state index contributed by atoms with van der Waals surface area (Å²) in [4.78, 5) is 38.2. The van der Waals surface area contributed by atoms with Crippen LogP contribution in [0.4, 0.5) is 0 Å². The fourth-order valence-electron chi connectivity index (χ4n) is 9.31. The second-order valence-electron chi connectivity index (χ2n) is 21.0. The van der Waals surface area contributed by atoms with Gasteiger partial charge in [-0.15, -0.1) is 0 Å². The lowest BCUT2D eigenvalue weighted by Gasteiger charge is -2.18. The molecule has 0 rings (SSSR count). The summed E-state index contributed by atoms with van der Waals surface area (Å²) in [5.74, 6) is -0.859. The van der Waals surface area contributed by atoms with E-state index in [-0.39, 0.29) is 31.1 Å². The number of rotatable bonds is 57. The van der Waals surface area contributed by atoms with Crippen molar-refractivity contribution >= 4 is 17.9 Å². The molecular formula is C63H118O6. The van der Waals surface area contributed by atoms with E-state index in [9.17, 15) is 14.4 Å². The van der Waals surface area contributed by atoms with Crippen LogP contribution in [0.3, 0.4) is 0 Å². The summed E-state index contributed by atoms with van der Waals surface area (Å²) in [6, 6.07) is 0. The zero-order valence-corrected chi connectivity index (χ0v) is 46.6. The van der Waals surface area contributed by atoms with E-state index in [0.29, 0.717) is 19.3 Å². The van der Waals surface area contributed by atoms with Gasteiger partial charge in [-0.1, -0.05) is 302 Å². The Morgan fingerprint density at radius 2 is 0.551 bits per heavy atom. The molecule has 0 saturated carbocycles. The van der Waals surface area contributed by atoms with Gasteiger partial charge in [0.25, 0.3) is 0 Å². The average molecular weight is 972 g/mol. The van der Waals surface area contributed by atoms with Crippen LogP contribution in [-0.4, -0.2) is 37.2 Å². The number of hydrogen-bond acceptors (Lipinski definition) is 6. The minimum Gasteiger partial charge on any atom is -0.462 e. The second-order valence-corrected chi connectivity index (χ2v) is 21.0. The van der Waals surface area contributed by atoms with Crippen LogP contribution in [-0.2, 0) is 28.6 Å². The van der Waals surface area contributed by atoms with Crippen molar-refractivity contribution < 1.29 is 28.6 Å². The van der Waals surface area contributed by atoms with E-state index in [1.807, 2.05) is 0 Å². The van der Waals surface area contributed by atoms with Gasteiger partial charge < -0.3 is 14.2 Å². The van der Waals surface area contributed by atoms with Gasteiger partial charge in [0.2, 0.25) is 0 Å². The lowest BCUT2D eigenvalue weighted by molar-refractivity contribution is -0.167. The molecule has 1 atom stereocenters. The molecule has 1 unspecified atom stereocenters. The Kier molecular flexibility index (Phi) is 56.7. The van der Waals surface area contributed by atoms with Crippen molar-refractivity contribution in [2.45, 2.75) is 348 Å². The molecule has 0 aromatic rings. The monoisotopic (exact) mass is 971 g/mol. The smallest absolute Gasteiger partial charge is 0.306 e. The van der Waals surface area contributed by atoms with Gasteiger partial charge in [-0.2, -0.15) is 0 Å². The number of ether oxygens (including phenoxy) is 3. The molecule has 406 valence electrons. The molecule has 0 aliphatic carbocycles. The number of hydrogen-bond donors (Lipinski definition) is 0. The predicted molar refractivity (Wildman–Crippen MR) is 298 cm³/mol. The van der Waals surface area contributed by atoms with Crippen LogP contribution in [0.15, 0.2) is 24.3 Å². The van der Waals surface area contributed by atoms with Gasteiger partial charge in [0.15, 0.2) is 6.10 Å². The molecule has 0 aliphatic rings. The molecule has 69 heavy (non-hydrogen) atoms. The Bertz CT molecular complexity index is 1110. The quantitative estimate of drug-likeness (QED) is 0.0261. The molecule has 0 radical (unpaired) electrons. The lowest BCUT2D eigenvalue weighted by Crippen LogP contribution is -2.30. The molecule has 6 heteroatoms. The Hall–Kier alpha value is -2.11. The highest BCUT2D eigenvalue weighted by Gasteiger charge is 2.19. The van der Waals surface area contributed by atoms with E-state index in [0.717, 1.165) is 83.5 Å². The summed E-state index contributed by atoms with van der Waals surface area (Å²) in [5.41, 5.74) is 0. The van der Waals surface area contributed by atoms with Gasteiger partial charge in [0, 0.05) is 19.3 Å². The van der Waals surface area contributed by atoms with Gasteiger partial charge in [0.05, 0.1) is 0 Å². The molecule has 0 aromatic heterocycles. The van der Waals surface area contributed by atoms with E-state index in [1.165, 1.54) is 218 Å². The van der Waals surface area contributed by atoms with Crippen molar-refractivity contribution in [3.8, 4) is 0 Å². The first-order chi connectivity index (χ1) is 34.0. The first kappa shape index (κ1) is 66.9. The third kappa shape index (κ3) is 56.7. The van der Waals surface area contributed by atoms with Crippen molar-refractivity contribution in [1.82, 2.24) is 0 Å². The normalized spacial score (nSPS) is 12.1. The Balaban J connectivity index is 4.27. The van der Waals surface area contributed by atoms with Gasteiger partial charge in [0.1, 0.15) is 13.2 Å². The number of carbonyl (C=O) groups excluding carboxylic acids is 3. The van der Waals surface area contributed by atoms with E-state index in [4.69, 9.17) is 14.2 Å². The molecule has 0 heterocycles. The molecule has 0 amide bonds. The van der Waals surface area contributed by atoms with Crippen LogP contribution in [0.1, 0.15) is 342 Å². The van der Waals surface area contributed by atoms with Gasteiger partial charge in [-0.25, -0.2) is 0 Å². The fraction of sp³-hybridized carbons (Fsp3) is 0.889. The van der Waals surface area contributed by atoms with Crippen molar-refractivity contribution in [1.29, 1.82) is 0 Å². The largest absolute Gasteiger partial charge is 0.462 e. The topological polar surface area (TPSA) is 78.9 Å². The molecule has 0 spiro atoms. The van der Waals surface area contributed by atoms with Crippen molar-refractivity contribution in [3.63, 3.8) is 0 Å². The highest BCUT2D eigenvalue weighted by Crippen LogP contribution is 2.18. The lowest BCUT2D eigenvalue weighted by atomic mass is 10.0. The summed E-state index contributed by atoms with van der Waals surface area (Å²) in [6.45, 7) is 6.63. The van der Waals surface area contributed by atoms with Gasteiger partial charge in [-0.3, -0.25) is 14.4 Å². The Labute approximate surface area is 430 Å². The number of esters is 3. The molecule has 0 aliphatic heterocycles. The summed E-state index contributed by atoms with van der Waals surface area (Å²) in [7, 11) is 0. The van der Waals surface area contributed by atoms with E-state index < -0.39 is 6.10 Å². The molecule has 0 aromatic carbocycles. The van der Waals surface area contributed by atoms with Crippen molar-refractivity contribution in [3.05, 3.63) is 24.3 Å². The SMILES string of the molecule is CCC/C=C\C/C=C\CCCCCCCC(=O)OCC(COC(=O)CCCCCCCCCCCCCCCCCCCCCCC)OC(=O)CCCCCCCCCCCCCCCCCCC. The van der Waals surface area contributed by atoms with Crippen LogP contribution in [0, 0.1) is 0 Å². The fourth-order valence-corrected chi connectivity index (χ4v) is 9.31. The van der Waals surface area contributed by atoms with Gasteiger partial charge >= 0.3 is 17.9 Å². The summed E-state index contributed by atoms with van der Waals surface area (Å²) < 4.78 is 16.9. The van der Waals surface area contributed by atoms with Crippen LogP contribution in [0.2, 0.25) is 0 Å². The third-order valence-electron chi connectivity index (χ3n) is 13.9. The summed E-state index contributed by atoms with van der Waals surface area (Å²) in [6.07, 6.45) is 68.9. The first-order valence-corrected chi connectivity index (χ1v) is 30.8. The third-order valence-corrected chi connectivity index (χ3v) is 13.9. The van der Waals surface area contributed by atoms with E-state index in [2.05, 4.69) is 45.1 Å². The average Bonchev–Trinajstić information content (AvgIpc) is 3.35. The number of unbranched alkanes of at least 4 members (excludes halogenated alkanes) is 42. The van der Waals surface area contributed by atoms with Crippen molar-refractivity contribution in [2.24, 2.45) is 0 Å². The van der Waals surface area contributed by atoms with E-state index >= 15 is 0 Å². The van der Waals surface area contributed by atoms with Crippen LogP contribution >= 0.6 is 0 Å². The zero-order valence-electron chi connectivity index (χ0n) is 46.6. The highest BCUT2D eigenvalue weighted by atomic mass is 16.6.